The van der Waals surface area contributed by atoms with Crippen LogP contribution in [-0.2, 0) is 9.53 Å². The minimum absolute atomic E-state index is 0.0822. The smallest absolute Gasteiger partial charge is 0.221 e. The summed E-state index contributed by atoms with van der Waals surface area (Å²) in [5, 5.41) is 2.72. The van der Waals surface area contributed by atoms with E-state index >= 15 is 0 Å². The molecule has 0 saturated carbocycles. The van der Waals surface area contributed by atoms with Gasteiger partial charge in [-0.05, 0) is 25.0 Å². The summed E-state index contributed by atoms with van der Waals surface area (Å²) < 4.78 is 11.1. The lowest BCUT2D eigenvalue weighted by Gasteiger charge is -2.12. The van der Waals surface area contributed by atoms with E-state index in [0.29, 0.717) is 6.61 Å². The van der Waals surface area contributed by atoms with Gasteiger partial charge in [0.05, 0.1) is 6.10 Å². The van der Waals surface area contributed by atoms with E-state index in [1.54, 1.807) is 0 Å². The summed E-state index contributed by atoms with van der Waals surface area (Å²) >= 11 is 0. The van der Waals surface area contributed by atoms with Gasteiger partial charge in [0, 0.05) is 25.3 Å². The normalized spacial score (nSPS) is 19.0. The predicted octanol–water partition coefficient (Wildman–Crippen LogP) is 2.20. The molecular formula is C13H17NO3. The predicted molar refractivity (Wildman–Crippen MR) is 65.2 cm³/mol. The van der Waals surface area contributed by atoms with E-state index in [4.69, 9.17) is 9.47 Å². The molecule has 0 bridgehead atoms. The largest absolute Gasteiger partial charge is 0.491 e. The number of ether oxygens (including phenoxy) is 2. The zero-order valence-electron chi connectivity index (χ0n) is 9.94. The molecule has 0 spiro atoms. The Hall–Kier alpha value is -1.55. The molecule has 1 heterocycles. The average Bonchev–Trinajstić information content (AvgIpc) is 2.79. The molecule has 17 heavy (non-hydrogen) atoms. The van der Waals surface area contributed by atoms with E-state index < -0.39 is 0 Å². The molecule has 1 aliphatic rings. The maximum absolute atomic E-state index is 10.9. The molecule has 1 N–H and O–H groups in total. The highest BCUT2D eigenvalue weighted by atomic mass is 16.5. The van der Waals surface area contributed by atoms with Gasteiger partial charge in [0.2, 0.25) is 5.91 Å². The van der Waals surface area contributed by atoms with Crippen LogP contribution in [0.3, 0.4) is 0 Å². The number of hydrogen-bond donors (Lipinski definition) is 1. The van der Waals surface area contributed by atoms with Gasteiger partial charge in [0.1, 0.15) is 12.4 Å². The fourth-order valence-electron chi connectivity index (χ4n) is 1.83. The zero-order valence-corrected chi connectivity index (χ0v) is 9.94. The van der Waals surface area contributed by atoms with Gasteiger partial charge in [-0.15, -0.1) is 0 Å². The van der Waals surface area contributed by atoms with E-state index in [-0.39, 0.29) is 12.0 Å². The van der Waals surface area contributed by atoms with Crippen molar-refractivity contribution in [1.29, 1.82) is 0 Å². The number of nitrogens with one attached hydrogen (secondary N) is 1. The van der Waals surface area contributed by atoms with Gasteiger partial charge in [-0.1, -0.05) is 6.07 Å². The van der Waals surface area contributed by atoms with Gasteiger partial charge in [-0.3, -0.25) is 4.79 Å². The van der Waals surface area contributed by atoms with Gasteiger partial charge < -0.3 is 14.8 Å². The topological polar surface area (TPSA) is 47.6 Å². The van der Waals surface area contributed by atoms with Crippen molar-refractivity contribution in [2.75, 3.05) is 18.5 Å². The third-order valence-corrected chi connectivity index (χ3v) is 2.61. The Kier molecular flexibility index (Phi) is 3.98. The van der Waals surface area contributed by atoms with E-state index in [0.717, 1.165) is 30.9 Å². The number of rotatable bonds is 4. The number of hydrogen-bond acceptors (Lipinski definition) is 3. The Morgan fingerprint density at radius 2 is 2.47 bits per heavy atom. The van der Waals surface area contributed by atoms with Gasteiger partial charge in [-0.2, -0.15) is 0 Å². The summed E-state index contributed by atoms with van der Waals surface area (Å²) in [7, 11) is 0. The van der Waals surface area contributed by atoms with Crippen LogP contribution in [0.2, 0.25) is 0 Å². The van der Waals surface area contributed by atoms with Crippen molar-refractivity contribution >= 4 is 11.6 Å². The summed E-state index contributed by atoms with van der Waals surface area (Å²) in [5.74, 6) is 0.674. The second kappa shape index (κ2) is 5.68. The molecule has 1 amide bonds. The molecular weight excluding hydrogens is 218 g/mol. The Balaban J connectivity index is 1.88. The van der Waals surface area contributed by atoms with Crippen molar-refractivity contribution in [2.24, 2.45) is 0 Å². The summed E-state index contributed by atoms with van der Waals surface area (Å²) in [6.45, 7) is 2.89. The summed E-state index contributed by atoms with van der Waals surface area (Å²) in [6, 6.07) is 7.38. The molecule has 4 nitrogen and oxygen atoms in total. The Morgan fingerprint density at radius 3 is 3.18 bits per heavy atom. The van der Waals surface area contributed by atoms with Crippen LogP contribution in [0, 0.1) is 0 Å². The lowest BCUT2D eigenvalue weighted by Crippen LogP contribution is -2.16. The Morgan fingerprint density at radius 1 is 1.59 bits per heavy atom. The average molecular weight is 235 g/mol. The molecule has 0 aliphatic carbocycles. The van der Waals surface area contributed by atoms with E-state index in [9.17, 15) is 4.79 Å². The van der Waals surface area contributed by atoms with Crippen LogP contribution in [0.15, 0.2) is 24.3 Å². The van der Waals surface area contributed by atoms with Crippen LogP contribution in [0.4, 0.5) is 5.69 Å². The molecule has 1 aliphatic heterocycles. The highest BCUT2D eigenvalue weighted by Gasteiger charge is 2.15. The van der Waals surface area contributed by atoms with Crippen molar-refractivity contribution in [1.82, 2.24) is 0 Å². The molecule has 2 rings (SSSR count). The lowest BCUT2D eigenvalue weighted by atomic mass is 10.2. The lowest BCUT2D eigenvalue weighted by molar-refractivity contribution is -0.114. The van der Waals surface area contributed by atoms with Crippen LogP contribution in [-0.4, -0.2) is 25.2 Å². The number of carbonyl (C=O) groups excluding carboxylic acids is 1. The molecule has 1 atom stereocenters. The Labute approximate surface area is 101 Å². The summed E-state index contributed by atoms with van der Waals surface area (Å²) in [5.41, 5.74) is 0.752. The van der Waals surface area contributed by atoms with Crippen LogP contribution in [0.1, 0.15) is 19.8 Å². The van der Waals surface area contributed by atoms with E-state index in [1.807, 2.05) is 24.3 Å². The Bertz CT molecular complexity index is 386. The molecule has 1 fully saturated rings. The maximum Gasteiger partial charge on any atom is 0.221 e. The first-order chi connectivity index (χ1) is 8.24. The van der Waals surface area contributed by atoms with Crippen LogP contribution in [0.25, 0.3) is 0 Å². The molecule has 0 unspecified atom stereocenters. The van der Waals surface area contributed by atoms with Crippen molar-refractivity contribution < 1.29 is 14.3 Å². The third-order valence-electron chi connectivity index (χ3n) is 2.61. The standard InChI is InChI=1S/C13H17NO3/c1-10(15)14-11-4-2-5-12(8-11)17-9-13-6-3-7-16-13/h2,4-5,8,13H,3,6-7,9H2,1H3,(H,14,15)/t13-/m1/s1. The first-order valence-corrected chi connectivity index (χ1v) is 5.86. The second-order valence-corrected chi connectivity index (χ2v) is 4.16. The highest BCUT2D eigenvalue weighted by Crippen LogP contribution is 2.19. The molecule has 0 aromatic heterocycles. The van der Waals surface area contributed by atoms with Crippen LogP contribution < -0.4 is 10.1 Å². The van der Waals surface area contributed by atoms with Crippen molar-refractivity contribution in [3.05, 3.63) is 24.3 Å². The minimum Gasteiger partial charge on any atom is -0.491 e. The summed E-state index contributed by atoms with van der Waals surface area (Å²) in [6.07, 6.45) is 2.38. The molecule has 0 radical (unpaired) electrons. The fraction of sp³-hybridized carbons (Fsp3) is 0.462. The molecule has 92 valence electrons. The number of amides is 1. The highest BCUT2D eigenvalue weighted by molar-refractivity contribution is 5.88. The number of benzene rings is 1. The fourth-order valence-corrected chi connectivity index (χ4v) is 1.83. The van der Waals surface area contributed by atoms with E-state index in [2.05, 4.69) is 5.32 Å². The second-order valence-electron chi connectivity index (χ2n) is 4.16. The molecule has 1 saturated heterocycles. The minimum atomic E-state index is -0.0822. The maximum atomic E-state index is 10.9. The molecule has 4 heteroatoms. The van der Waals surface area contributed by atoms with Crippen molar-refractivity contribution in [3.8, 4) is 5.75 Å². The van der Waals surface area contributed by atoms with Crippen LogP contribution in [0.5, 0.6) is 5.75 Å². The van der Waals surface area contributed by atoms with Crippen LogP contribution >= 0.6 is 0 Å². The van der Waals surface area contributed by atoms with Gasteiger partial charge >= 0.3 is 0 Å². The van der Waals surface area contributed by atoms with Gasteiger partial charge in [-0.25, -0.2) is 0 Å². The number of anilines is 1. The van der Waals surface area contributed by atoms with Gasteiger partial charge in [0.15, 0.2) is 0 Å². The molecule has 1 aromatic rings. The third kappa shape index (κ3) is 3.75. The molecule has 1 aromatic carbocycles. The first-order valence-electron chi connectivity index (χ1n) is 5.86. The zero-order chi connectivity index (χ0) is 12.1. The summed E-state index contributed by atoms with van der Waals surface area (Å²) in [4.78, 5) is 10.9. The van der Waals surface area contributed by atoms with E-state index in [1.165, 1.54) is 6.92 Å². The quantitative estimate of drug-likeness (QED) is 0.870. The monoisotopic (exact) mass is 235 g/mol. The van der Waals surface area contributed by atoms with Gasteiger partial charge in [0.25, 0.3) is 0 Å². The first kappa shape index (κ1) is 11.9. The van der Waals surface area contributed by atoms with Crippen molar-refractivity contribution in [2.45, 2.75) is 25.9 Å². The SMILES string of the molecule is CC(=O)Nc1cccc(OC[C@H]2CCCO2)c1. The number of carbonyl (C=O) groups is 1. The van der Waals surface area contributed by atoms with Crippen molar-refractivity contribution in [3.63, 3.8) is 0 Å².